The summed E-state index contributed by atoms with van der Waals surface area (Å²) in [5.74, 6) is -1.27. The van der Waals surface area contributed by atoms with Crippen LogP contribution in [0, 0.1) is 11.3 Å². The number of unbranched alkanes of at least 4 members (excludes halogenated alkanes) is 6. The van der Waals surface area contributed by atoms with Crippen molar-refractivity contribution >= 4 is 23.6 Å². The number of nitrogens with zero attached hydrogens (tertiary/aromatic N) is 1. The molecule has 0 heterocycles. The van der Waals surface area contributed by atoms with E-state index in [2.05, 4.69) is 12.2 Å². The summed E-state index contributed by atoms with van der Waals surface area (Å²) in [5.41, 5.74) is 0.943. The second-order valence-corrected chi connectivity index (χ2v) is 6.02. The topological polar surface area (TPSA) is 90.2 Å². The van der Waals surface area contributed by atoms with Gasteiger partial charge in [-0.2, -0.15) is 5.26 Å². The summed E-state index contributed by atoms with van der Waals surface area (Å²) in [7, 11) is 0. The molecule has 1 aromatic carbocycles. The highest BCUT2D eigenvalue weighted by atomic mass is 16.4. The van der Waals surface area contributed by atoms with E-state index in [-0.39, 0.29) is 11.5 Å². The van der Waals surface area contributed by atoms with Gasteiger partial charge in [-0.3, -0.25) is 4.79 Å². The van der Waals surface area contributed by atoms with Crippen LogP contribution in [0.15, 0.2) is 29.8 Å². The molecule has 0 aromatic heterocycles. The molecule has 0 atom stereocenters. The van der Waals surface area contributed by atoms with Crippen molar-refractivity contribution in [1.29, 1.82) is 5.26 Å². The second-order valence-electron chi connectivity index (χ2n) is 6.02. The van der Waals surface area contributed by atoms with Crippen molar-refractivity contribution in [3.8, 4) is 6.07 Å². The molecule has 5 heteroatoms. The number of carboxylic acids is 1. The van der Waals surface area contributed by atoms with E-state index in [1.54, 1.807) is 30.3 Å². The number of hydrogen-bond donors (Lipinski definition) is 2. The highest BCUT2D eigenvalue weighted by molar-refractivity contribution is 5.96. The molecular formula is C20H26N2O3. The molecule has 1 rings (SSSR count). The Morgan fingerprint density at radius 3 is 2.24 bits per heavy atom. The van der Waals surface area contributed by atoms with Gasteiger partial charge >= 0.3 is 5.97 Å². The number of carbonyl (C=O) groups excluding carboxylic acids is 1. The summed E-state index contributed by atoms with van der Waals surface area (Å²) in [6.07, 6.45) is 10.00. The van der Waals surface area contributed by atoms with Gasteiger partial charge in [0, 0.05) is 12.1 Å². The summed E-state index contributed by atoms with van der Waals surface area (Å²) in [4.78, 5) is 22.7. The third kappa shape index (κ3) is 8.71. The number of hydrogen-bond acceptors (Lipinski definition) is 3. The summed E-state index contributed by atoms with van der Waals surface area (Å²) in [6.45, 7) is 2.20. The molecule has 0 bridgehead atoms. The van der Waals surface area contributed by atoms with Crippen LogP contribution in [0.2, 0.25) is 0 Å². The Kier molecular flexibility index (Phi) is 9.69. The third-order valence-corrected chi connectivity index (χ3v) is 3.86. The van der Waals surface area contributed by atoms with E-state index in [1.165, 1.54) is 38.2 Å². The van der Waals surface area contributed by atoms with E-state index in [0.29, 0.717) is 17.7 Å². The average molecular weight is 342 g/mol. The highest BCUT2D eigenvalue weighted by Crippen LogP contribution is 2.14. The molecular weight excluding hydrogens is 316 g/mol. The lowest BCUT2D eigenvalue weighted by Gasteiger charge is -2.06. The minimum Gasteiger partial charge on any atom is -0.477 e. The minimum atomic E-state index is -1.26. The molecule has 0 saturated heterocycles. The zero-order valence-electron chi connectivity index (χ0n) is 14.8. The quantitative estimate of drug-likeness (QED) is 0.345. The molecule has 1 aromatic rings. The predicted octanol–water partition coefficient (Wildman–Crippen LogP) is 4.76. The Balaban J connectivity index is 2.36. The zero-order chi connectivity index (χ0) is 18.5. The Hall–Kier alpha value is -2.61. The standard InChI is InChI=1S/C20H26N2O3/c1-2-3-4-5-6-7-8-9-19(23)22-18-12-10-16(11-13-18)14-17(15-21)20(24)25/h10-14H,2-9H2,1H3,(H,22,23)(H,24,25)/b17-14-. The second kappa shape index (κ2) is 11.9. The van der Waals surface area contributed by atoms with E-state index in [9.17, 15) is 9.59 Å². The van der Waals surface area contributed by atoms with Crippen LogP contribution in [0.1, 0.15) is 63.9 Å². The van der Waals surface area contributed by atoms with Crippen molar-refractivity contribution < 1.29 is 14.7 Å². The van der Waals surface area contributed by atoms with Crippen LogP contribution in [0.25, 0.3) is 6.08 Å². The van der Waals surface area contributed by atoms with Crippen molar-refractivity contribution in [2.45, 2.75) is 58.3 Å². The van der Waals surface area contributed by atoms with Crippen LogP contribution in [0.4, 0.5) is 5.69 Å². The van der Waals surface area contributed by atoms with Gasteiger partial charge in [-0.25, -0.2) is 4.79 Å². The molecule has 25 heavy (non-hydrogen) atoms. The fraction of sp³-hybridized carbons (Fsp3) is 0.450. The zero-order valence-corrected chi connectivity index (χ0v) is 14.8. The normalized spacial score (nSPS) is 11.0. The van der Waals surface area contributed by atoms with Gasteiger partial charge < -0.3 is 10.4 Å². The van der Waals surface area contributed by atoms with Crippen LogP contribution >= 0.6 is 0 Å². The third-order valence-electron chi connectivity index (χ3n) is 3.86. The Labute approximate surface area is 149 Å². The van der Waals surface area contributed by atoms with Crippen LogP contribution in [0.3, 0.4) is 0 Å². The van der Waals surface area contributed by atoms with E-state index >= 15 is 0 Å². The first-order valence-corrected chi connectivity index (χ1v) is 8.81. The van der Waals surface area contributed by atoms with Gasteiger partial charge in [-0.05, 0) is 30.2 Å². The van der Waals surface area contributed by atoms with Crippen LogP contribution in [-0.4, -0.2) is 17.0 Å². The maximum absolute atomic E-state index is 11.9. The van der Waals surface area contributed by atoms with Gasteiger partial charge in [0.2, 0.25) is 5.91 Å². The van der Waals surface area contributed by atoms with E-state index in [4.69, 9.17) is 10.4 Å². The first kappa shape index (κ1) is 20.4. The van der Waals surface area contributed by atoms with Crippen molar-refractivity contribution in [3.63, 3.8) is 0 Å². The largest absolute Gasteiger partial charge is 0.477 e. The lowest BCUT2D eigenvalue weighted by Crippen LogP contribution is -2.10. The Bertz CT molecular complexity index is 627. The fourth-order valence-electron chi connectivity index (χ4n) is 2.44. The predicted molar refractivity (Wildman–Crippen MR) is 98.9 cm³/mol. The van der Waals surface area contributed by atoms with E-state index < -0.39 is 5.97 Å². The van der Waals surface area contributed by atoms with Crippen molar-refractivity contribution in [1.82, 2.24) is 0 Å². The van der Waals surface area contributed by atoms with Gasteiger partial charge in [-0.1, -0.05) is 57.6 Å². The summed E-state index contributed by atoms with van der Waals surface area (Å²) in [5, 5.41) is 20.4. The smallest absolute Gasteiger partial charge is 0.346 e. The molecule has 0 radical (unpaired) electrons. The number of carboxylic acid groups (broad SMARTS) is 1. The first-order chi connectivity index (χ1) is 12.1. The number of anilines is 1. The Morgan fingerprint density at radius 1 is 1.08 bits per heavy atom. The van der Waals surface area contributed by atoms with Gasteiger partial charge in [0.15, 0.2) is 0 Å². The number of carbonyl (C=O) groups is 2. The molecule has 0 spiro atoms. The summed E-state index contributed by atoms with van der Waals surface area (Å²) in [6, 6.07) is 8.37. The van der Waals surface area contributed by atoms with E-state index in [0.717, 1.165) is 12.8 Å². The maximum atomic E-state index is 11.9. The average Bonchev–Trinajstić information content (AvgIpc) is 2.60. The Morgan fingerprint density at radius 2 is 1.68 bits per heavy atom. The van der Waals surface area contributed by atoms with Crippen molar-refractivity contribution in [3.05, 3.63) is 35.4 Å². The molecule has 1 amide bonds. The first-order valence-electron chi connectivity index (χ1n) is 8.81. The molecule has 0 aliphatic rings. The van der Waals surface area contributed by atoms with Gasteiger partial charge in [0.25, 0.3) is 0 Å². The fourth-order valence-corrected chi connectivity index (χ4v) is 2.44. The van der Waals surface area contributed by atoms with Crippen LogP contribution in [-0.2, 0) is 9.59 Å². The van der Waals surface area contributed by atoms with Gasteiger partial charge in [0.05, 0.1) is 0 Å². The molecule has 0 aliphatic carbocycles. The SMILES string of the molecule is CCCCCCCCCC(=O)Nc1ccc(/C=C(/C#N)C(=O)O)cc1. The molecule has 0 unspecified atom stereocenters. The summed E-state index contributed by atoms with van der Waals surface area (Å²) < 4.78 is 0. The molecule has 2 N–H and O–H groups in total. The molecule has 0 saturated carbocycles. The monoisotopic (exact) mass is 342 g/mol. The maximum Gasteiger partial charge on any atom is 0.346 e. The number of amides is 1. The minimum absolute atomic E-state index is 0.0138. The van der Waals surface area contributed by atoms with Crippen LogP contribution < -0.4 is 5.32 Å². The molecule has 0 aliphatic heterocycles. The molecule has 134 valence electrons. The van der Waals surface area contributed by atoms with Crippen molar-refractivity contribution in [2.24, 2.45) is 0 Å². The van der Waals surface area contributed by atoms with Gasteiger partial charge in [-0.15, -0.1) is 0 Å². The van der Waals surface area contributed by atoms with Gasteiger partial charge in [0.1, 0.15) is 11.6 Å². The molecule has 5 nitrogen and oxygen atoms in total. The number of benzene rings is 1. The highest BCUT2D eigenvalue weighted by Gasteiger charge is 2.06. The number of rotatable bonds is 11. The lowest BCUT2D eigenvalue weighted by molar-refractivity contribution is -0.132. The number of nitriles is 1. The lowest BCUT2D eigenvalue weighted by atomic mass is 10.1. The molecule has 0 fully saturated rings. The number of nitrogens with one attached hydrogen (secondary N) is 1. The summed E-state index contributed by atoms with van der Waals surface area (Å²) >= 11 is 0. The van der Waals surface area contributed by atoms with Crippen molar-refractivity contribution in [2.75, 3.05) is 5.32 Å². The number of aliphatic carboxylic acids is 1. The van der Waals surface area contributed by atoms with Crippen LogP contribution in [0.5, 0.6) is 0 Å². The van der Waals surface area contributed by atoms with E-state index in [1.807, 2.05) is 0 Å².